The van der Waals surface area contributed by atoms with Crippen LogP contribution in [0.5, 0.6) is 0 Å². The molecule has 1 fully saturated rings. The number of amides is 1. The van der Waals surface area contributed by atoms with Crippen molar-refractivity contribution in [3.63, 3.8) is 0 Å². The van der Waals surface area contributed by atoms with Crippen LogP contribution in [0.25, 0.3) is 0 Å². The van der Waals surface area contributed by atoms with Crippen LogP contribution in [0.1, 0.15) is 12.6 Å². The zero-order valence-corrected chi connectivity index (χ0v) is 13.2. The van der Waals surface area contributed by atoms with Gasteiger partial charge in [0, 0.05) is 39.3 Å². The number of rotatable bonds is 3. The first-order chi connectivity index (χ1) is 9.84. The smallest absolute Gasteiger partial charge is 0.245 e. The summed E-state index contributed by atoms with van der Waals surface area (Å²) in [4.78, 5) is 16.8. The van der Waals surface area contributed by atoms with Crippen molar-refractivity contribution in [3.8, 4) is 0 Å². The lowest BCUT2D eigenvalue weighted by molar-refractivity contribution is -0.129. The zero-order valence-electron chi connectivity index (χ0n) is 11.5. The van der Waals surface area contributed by atoms with Crippen molar-refractivity contribution in [3.05, 3.63) is 24.0 Å². The van der Waals surface area contributed by atoms with Crippen molar-refractivity contribution in [1.82, 2.24) is 14.2 Å². The molecule has 2 N–H and O–H groups in total. The first-order valence-corrected chi connectivity index (χ1v) is 8.19. The van der Waals surface area contributed by atoms with Gasteiger partial charge in [-0.3, -0.25) is 9.78 Å². The summed E-state index contributed by atoms with van der Waals surface area (Å²) >= 11 is 4.85. The molecule has 114 valence electrons. The van der Waals surface area contributed by atoms with Crippen LogP contribution >= 0.6 is 12.2 Å². The summed E-state index contributed by atoms with van der Waals surface area (Å²) in [5.41, 5.74) is 5.63. The van der Waals surface area contributed by atoms with Gasteiger partial charge in [0.05, 0.1) is 0 Å². The molecule has 0 atom stereocenters. The number of nitrogens with two attached hydrogens (primary N) is 1. The Balaban J connectivity index is 2.28. The number of sulfonamides is 1. The monoisotopic (exact) mass is 328 g/mol. The van der Waals surface area contributed by atoms with Gasteiger partial charge in [0.25, 0.3) is 0 Å². The van der Waals surface area contributed by atoms with Crippen LogP contribution < -0.4 is 5.73 Å². The van der Waals surface area contributed by atoms with Crippen molar-refractivity contribution in [2.24, 2.45) is 5.73 Å². The maximum atomic E-state index is 12.7. The average molecular weight is 328 g/mol. The van der Waals surface area contributed by atoms with Gasteiger partial charge < -0.3 is 10.6 Å². The summed E-state index contributed by atoms with van der Waals surface area (Å²) in [6, 6.07) is 2.97. The lowest BCUT2D eigenvalue weighted by atomic mass is 10.3. The molecule has 0 bridgehead atoms. The SMILES string of the molecule is CC(=O)N1CCN(S(=O)(=O)c2cccnc2C(N)=S)CC1. The predicted molar refractivity (Wildman–Crippen MR) is 81.1 cm³/mol. The molecule has 0 radical (unpaired) electrons. The van der Waals surface area contributed by atoms with Crippen LogP contribution in [0, 0.1) is 0 Å². The first-order valence-electron chi connectivity index (χ1n) is 6.34. The molecule has 2 rings (SSSR count). The molecule has 0 aromatic carbocycles. The summed E-state index contributed by atoms with van der Waals surface area (Å²) in [7, 11) is -3.72. The minimum absolute atomic E-state index is 0.00813. The van der Waals surface area contributed by atoms with E-state index in [0.29, 0.717) is 13.1 Å². The van der Waals surface area contributed by atoms with Crippen molar-refractivity contribution in [1.29, 1.82) is 0 Å². The molecule has 2 heterocycles. The number of carbonyl (C=O) groups excluding carboxylic acids is 1. The number of hydrogen-bond acceptors (Lipinski definition) is 5. The van der Waals surface area contributed by atoms with Gasteiger partial charge in [-0.15, -0.1) is 0 Å². The van der Waals surface area contributed by atoms with Crippen LogP contribution in [-0.4, -0.2) is 59.7 Å². The number of thiocarbonyl (C=S) groups is 1. The normalized spacial score (nSPS) is 16.7. The minimum atomic E-state index is -3.72. The van der Waals surface area contributed by atoms with Gasteiger partial charge in [-0.05, 0) is 12.1 Å². The molecule has 0 spiro atoms. The maximum absolute atomic E-state index is 12.7. The highest BCUT2D eigenvalue weighted by Crippen LogP contribution is 2.20. The molecule has 9 heteroatoms. The fourth-order valence-electron chi connectivity index (χ4n) is 2.17. The molecule has 1 saturated heterocycles. The van der Waals surface area contributed by atoms with Crippen molar-refractivity contribution in [2.45, 2.75) is 11.8 Å². The third kappa shape index (κ3) is 3.20. The maximum Gasteiger partial charge on any atom is 0.245 e. The fraction of sp³-hybridized carbons (Fsp3) is 0.417. The molecule has 0 saturated carbocycles. The second-order valence-corrected chi connectivity index (χ2v) is 6.97. The quantitative estimate of drug-likeness (QED) is 0.756. The van der Waals surface area contributed by atoms with E-state index in [2.05, 4.69) is 4.98 Å². The summed E-state index contributed by atoms with van der Waals surface area (Å²) in [5.74, 6) is -0.0581. The molecule has 7 nitrogen and oxygen atoms in total. The topological polar surface area (TPSA) is 96.6 Å². The Morgan fingerprint density at radius 1 is 1.33 bits per heavy atom. The van der Waals surface area contributed by atoms with Crippen molar-refractivity contribution >= 4 is 33.1 Å². The number of nitrogens with zero attached hydrogens (tertiary/aromatic N) is 3. The Labute approximate surface area is 128 Å². The summed E-state index contributed by atoms with van der Waals surface area (Å²) in [6.07, 6.45) is 1.45. The summed E-state index contributed by atoms with van der Waals surface area (Å²) in [6.45, 7) is 2.70. The second-order valence-electron chi connectivity index (χ2n) is 4.62. The molecular weight excluding hydrogens is 312 g/mol. The highest BCUT2D eigenvalue weighted by Gasteiger charge is 2.31. The molecule has 0 aliphatic carbocycles. The molecule has 1 aromatic heterocycles. The van der Waals surface area contributed by atoms with Crippen LogP contribution in [0.15, 0.2) is 23.2 Å². The van der Waals surface area contributed by atoms with Gasteiger partial charge in [-0.25, -0.2) is 8.42 Å². The molecule has 0 unspecified atom stereocenters. The van der Waals surface area contributed by atoms with Crippen LogP contribution in [0.2, 0.25) is 0 Å². The predicted octanol–water partition coefficient (Wildman–Crippen LogP) is -0.431. The van der Waals surface area contributed by atoms with Crippen LogP contribution in [-0.2, 0) is 14.8 Å². The molecule has 1 aromatic rings. The van der Waals surface area contributed by atoms with Crippen LogP contribution in [0.4, 0.5) is 0 Å². The van der Waals surface area contributed by atoms with Crippen LogP contribution in [0.3, 0.4) is 0 Å². The number of aromatic nitrogens is 1. The van der Waals surface area contributed by atoms with Crippen molar-refractivity contribution < 1.29 is 13.2 Å². The van der Waals surface area contributed by atoms with Gasteiger partial charge >= 0.3 is 0 Å². The van der Waals surface area contributed by atoms with Crippen molar-refractivity contribution in [2.75, 3.05) is 26.2 Å². The molecule has 1 aliphatic heterocycles. The van der Waals surface area contributed by atoms with E-state index in [0.717, 1.165) is 0 Å². The van der Waals surface area contributed by atoms with E-state index in [1.54, 1.807) is 4.90 Å². The molecule has 21 heavy (non-hydrogen) atoms. The largest absolute Gasteiger partial charge is 0.388 e. The third-order valence-corrected chi connectivity index (χ3v) is 5.43. The van der Waals surface area contributed by atoms with Gasteiger partial charge in [0.1, 0.15) is 15.6 Å². The van der Waals surface area contributed by atoms with E-state index >= 15 is 0 Å². The van der Waals surface area contributed by atoms with E-state index < -0.39 is 10.0 Å². The fourth-order valence-corrected chi connectivity index (χ4v) is 3.97. The van der Waals surface area contributed by atoms with E-state index in [4.69, 9.17) is 18.0 Å². The highest BCUT2D eigenvalue weighted by molar-refractivity contribution is 7.89. The standard InChI is InChI=1S/C12H16N4O3S2/c1-9(17)15-5-7-16(8-6-15)21(18,19)10-3-2-4-14-11(10)12(13)20/h2-4H,5-8H2,1H3,(H2,13,20). The minimum Gasteiger partial charge on any atom is -0.388 e. The Bertz CT molecular complexity index is 667. The number of pyridine rings is 1. The number of carbonyl (C=O) groups is 1. The summed E-state index contributed by atoms with van der Waals surface area (Å²) < 4.78 is 26.6. The average Bonchev–Trinajstić information content (AvgIpc) is 2.47. The summed E-state index contributed by atoms with van der Waals surface area (Å²) in [5, 5.41) is 0. The van der Waals surface area contributed by atoms with Gasteiger partial charge in [0.15, 0.2) is 0 Å². The Morgan fingerprint density at radius 2 is 1.95 bits per heavy atom. The highest BCUT2D eigenvalue weighted by atomic mass is 32.2. The lowest BCUT2D eigenvalue weighted by Gasteiger charge is -2.33. The van der Waals surface area contributed by atoms with Gasteiger partial charge in [-0.1, -0.05) is 12.2 Å². The Morgan fingerprint density at radius 3 is 2.48 bits per heavy atom. The zero-order chi connectivity index (χ0) is 15.6. The van der Waals surface area contributed by atoms with Gasteiger partial charge in [0.2, 0.25) is 15.9 Å². The second kappa shape index (κ2) is 6.04. The first kappa shape index (κ1) is 15.8. The molecule has 1 aliphatic rings. The van der Waals surface area contributed by atoms with E-state index in [1.807, 2.05) is 0 Å². The molecule has 1 amide bonds. The van der Waals surface area contributed by atoms with E-state index in [9.17, 15) is 13.2 Å². The van der Waals surface area contributed by atoms with Gasteiger partial charge in [-0.2, -0.15) is 4.31 Å². The Hall–Kier alpha value is -1.58. The van der Waals surface area contributed by atoms with E-state index in [-0.39, 0.29) is 34.6 Å². The third-order valence-electron chi connectivity index (χ3n) is 3.31. The number of piperazine rings is 1. The van der Waals surface area contributed by atoms with E-state index in [1.165, 1.54) is 29.6 Å². The molecular formula is C12H16N4O3S2. The number of hydrogen-bond donors (Lipinski definition) is 1. The lowest BCUT2D eigenvalue weighted by Crippen LogP contribution is -2.50. The Kier molecular flexibility index (Phi) is 4.55.